The molecule has 1 unspecified atom stereocenters. The molecule has 122 valence electrons. The zero-order valence-corrected chi connectivity index (χ0v) is 13.8. The molecule has 2 N–H and O–H groups in total. The molecule has 2 heterocycles. The lowest BCUT2D eigenvalue weighted by Crippen LogP contribution is -2.50. The molecule has 0 fully saturated rings. The first kappa shape index (κ1) is 17.0. The van der Waals surface area contributed by atoms with Gasteiger partial charge in [0.05, 0.1) is 0 Å². The number of unbranched alkanes of at least 4 members (excludes halogenated alkanes) is 9. The average Bonchev–Trinajstić information content (AvgIpc) is 3.00. The van der Waals surface area contributed by atoms with Gasteiger partial charge < -0.3 is 5.73 Å². The minimum Gasteiger partial charge on any atom is -0.302 e. The minimum absolute atomic E-state index is 0.629. The Bertz CT molecular complexity index is 464. The van der Waals surface area contributed by atoms with E-state index in [0.29, 0.717) is 5.84 Å². The van der Waals surface area contributed by atoms with Crippen LogP contribution < -0.4 is 5.73 Å². The van der Waals surface area contributed by atoms with E-state index >= 15 is 0 Å². The predicted octanol–water partition coefficient (Wildman–Crippen LogP) is 3.88. The van der Waals surface area contributed by atoms with Crippen molar-refractivity contribution in [3.8, 4) is 0 Å². The topological polar surface area (TPSA) is 75.5 Å². The predicted molar refractivity (Wildman–Crippen MR) is 95.2 cm³/mol. The summed E-state index contributed by atoms with van der Waals surface area (Å²) in [6.45, 7) is 2.26. The average molecular weight is 303 g/mol. The zero-order valence-electron chi connectivity index (χ0n) is 13.8. The fraction of sp³-hybridized carbons (Fsp3) is 0.765. The maximum absolute atomic E-state index is 6.36. The number of nitrogens with two attached hydrogens (primary N) is 1. The second-order valence-corrected chi connectivity index (χ2v) is 6.28. The Kier molecular flexibility index (Phi) is 6.90. The lowest BCUT2D eigenvalue weighted by Gasteiger charge is -2.26. The fourth-order valence-corrected chi connectivity index (χ4v) is 2.97. The molecular weight excluding hydrogens is 274 g/mol. The molecule has 0 amide bonds. The van der Waals surface area contributed by atoms with Crippen LogP contribution in [0.4, 0.5) is 0 Å². The van der Waals surface area contributed by atoms with Crippen LogP contribution in [0.2, 0.25) is 0 Å². The summed E-state index contributed by atoms with van der Waals surface area (Å²) in [6, 6.07) is 0. The maximum Gasteiger partial charge on any atom is 0.180 e. The van der Waals surface area contributed by atoms with E-state index in [9.17, 15) is 0 Å². The molecule has 22 heavy (non-hydrogen) atoms. The molecule has 0 spiro atoms. The van der Waals surface area contributed by atoms with Crippen LogP contribution in [-0.2, 0) is 0 Å². The monoisotopic (exact) mass is 303 g/mol. The summed E-state index contributed by atoms with van der Waals surface area (Å²) in [5.41, 5.74) is 6.38. The van der Waals surface area contributed by atoms with Crippen molar-refractivity contribution < 1.29 is 0 Å². The lowest BCUT2D eigenvalue weighted by atomic mass is 9.95. The summed E-state index contributed by atoms with van der Waals surface area (Å²) in [7, 11) is 0. The first-order valence-corrected chi connectivity index (χ1v) is 8.78. The van der Waals surface area contributed by atoms with Gasteiger partial charge in [-0.25, -0.2) is 20.0 Å². The third kappa shape index (κ3) is 4.83. The minimum atomic E-state index is -0.715. The third-order valence-corrected chi connectivity index (χ3v) is 4.37. The molecule has 0 saturated carbocycles. The summed E-state index contributed by atoms with van der Waals surface area (Å²) >= 11 is 0. The number of hydrogen-bond donors (Lipinski definition) is 1. The highest BCUT2D eigenvalue weighted by molar-refractivity contribution is 6.50. The van der Waals surface area contributed by atoms with Crippen molar-refractivity contribution in [3.05, 3.63) is 0 Å². The molecule has 2 rings (SSSR count). The smallest absolute Gasteiger partial charge is 0.180 e. The van der Waals surface area contributed by atoms with Crippen LogP contribution in [0, 0.1) is 0 Å². The first-order valence-electron chi connectivity index (χ1n) is 8.78. The number of nitrogens with zero attached hydrogens (tertiary/aromatic N) is 4. The van der Waals surface area contributed by atoms with Crippen LogP contribution >= 0.6 is 0 Å². The van der Waals surface area contributed by atoms with Gasteiger partial charge >= 0.3 is 0 Å². The van der Waals surface area contributed by atoms with Crippen molar-refractivity contribution in [2.45, 2.75) is 83.2 Å². The number of amidine groups is 1. The van der Waals surface area contributed by atoms with E-state index in [0.717, 1.165) is 18.6 Å². The van der Waals surface area contributed by atoms with Gasteiger partial charge in [-0.05, 0) is 12.8 Å². The second kappa shape index (κ2) is 8.93. The Balaban J connectivity index is 1.54. The van der Waals surface area contributed by atoms with Gasteiger partial charge in [0.2, 0.25) is 0 Å². The van der Waals surface area contributed by atoms with E-state index in [1.807, 2.05) is 0 Å². The van der Waals surface area contributed by atoms with Gasteiger partial charge in [-0.15, -0.1) is 0 Å². The van der Waals surface area contributed by atoms with Crippen LogP contribution in [0.15, 0.2) is 20.0 Å². The van der Waals surface area contributed by atoms with Gasteiger partial charge in [0.25, 0.3) is 0 Å². The molecule has 0 aromatic rings. The molecule has 0 aromatic heterocycles. The summed E-state index contributed by atoms with van der Waals surface area (Å²) < 4.78 is 0. The van der Waals surface area contributed by atoms with Crippen molar-refractivity contribution in [1.82, 2.24) is 0 Å². The molecule has 2 aliphatic rings. The van der Waals surface area contributed by atoms with Crippen molar-refractivity contribution in [1.29, 1.82) is 0 Å². The van der Waals surface area contributed by atoms with Gasteiger partial charge in [-0.3, -0.25) is 0 Å². The normalized spacial score (nSPS) is 22.6. The van der Waals surface area contributed by atoms with Crippen molar-refractivity contribution in [3.63, 3.8) is 0 Å². The van der Waals surface area contributed by atoms with Crippen LogP contribution in [-0.4, -0.2) is 29.9 Å². The molecule has 0 aromatic carbocycles. The molecule has 1 atom stereocenters. The van der Waals surface area contributed by atoms with Crippen molar-refractivity contribution >= 4 is 24.2 Å². The van der Waals surface area contributed by atoms with E-state index in [4.69, 9.17) is 5.73 Å². The van der Waals surface area contributed by atoms with Crippen LogP contribution in [0.25, 0.3) is 0 Å². The second-order valence-electron chi connectivity index (χ2n) is 6.28. The molecule has 5 nitrogen and oxygen atoms in total. The largest absolute Gasteiger partial charge is 0.302 e. The number of fused-ring (bicyclic) bond motifs is 1. The van der Waals surface area contributed by atoms with Crippen molar-refractivity contribution in [2.75, 3.05) is 0 Å². The quantitative estimate of drug-likeness (QED) is 0.578. The van der Waals surface area contributed by atoms with Crippen molar-refractivity contribution in [2.24, 2.45) is 25.7 Å². The van der Waals surface area contributed by atoms with E-state index < -0.39 is 5.66 Å². The Morgan fingerprint density at radius 3 is 2.18 bits per heavy atom. The van der Waals surface area contributed by atoms with Gasteiger partial charge in [0, 0.05) is 0 Å². The standard InChI is InChI=1S/C17H29N5/c1-2-3-4-5-6-7-8-9-10-11-12-17(18)15-16(20-13-19-15)21-14-22-17/h13-14H,2-12,18H2,1H3. The third-order valence-electron chi connectivity index (χ3n) is 4.37. The number of hydrogen-bond acceptors (Lipinski definition) is 5. The van der Waals surface area contributed by atoms with Crippen LogP contribution in [0.3, 0.4) is 0 Å². The molecule has 0 saturated heterocycles. The Morgan fingerprint density at radius 1 is 0.864 bits per heavy atom. The zero-order chi connectivity index (χ0) is 15.7. The van der Waals surface area contributed by atoms with Crippen LogP contribution in [0.1, 0.15) is 77.6 Å². The number of aliphatic imine (C=N–C) groups is 4. The summed E-state index contributed by atoms with van der Waals surface area (Å²) in [4.78, 5) is 16.8. The molecule has 2 aliphatic heterocycles. The van der Waals surface area contributed by atoms with E-state index in [1.165, 1.54) is 70.5 Å². The summed E-state index contributed by atoms with van der Waals surface area (Å²) in [5, 5.41) is 0. The van der Waals surface area contributed by atoms with E-state index in [1.54, 1.807) is 0 Å². The molecular formula is C17H29N5. The molecule has 0 aliphatic carbocycles. The van der Waals surface area contributed by atoms with Gasteiger partial charge in [0.1, 0.15) is 18.4 Å². The Labute approximate surface area is 133 Å². The first-order chi connectivity index (χ1) is 10.8. The maximum atomic E-state index is 6.36. The SMILES string of the molecule is CCCCCCCCCCCCC1(N)N=CN=C2N=CN=C21. The summed E-state index contributed by atoms with van der Waals surface area (Å²) in [6.07, 6.45) is 17.0. The fourth-order valence-electron chi connectivity index (χ4n) is 2.97. The van der Waals surface area contributed by atoms with E-state index in [2.05, 4.69) is 26.9 Å². The Hall–Kier alpha value is -1.36. The summed E-state index contributed by atoms with van der Waals surface area (Å²) in [5.74, 6) is 0.629. The highest BCUT2D eigenvalue weighted by atomic mass is 15.2. The van der Waals surface area contributed by atoms with Crippen LogP contribution in [0.5, 0.6) is 0 Å². The highest BCUT2D eigenvalue weighted by Gasteiger charge is 2.36. The van der Waals surface area contributed by atoms with E-state index in [-0.39, 0.29) is 0 Å². The highest BCUT2D eigenvalue weighted by Crippen LogP contribution is 2.22. The lowest BCUT2D eigenvalue weighted by molar-refractivity contribution is 0.489. The molecule has 5 heteroatoms. The molecule has 0 radical (unpaired) electrons. The van der Waals surface area contributed by atoms with Gasteiger partial charge in [-0.2, -0.15) is 0 Å². The number of rotatable bonds is 11. The Morgan fingerprint density at radius 2 is 1.50 bits per heavy atom. The molecule has 0 bridgehead atoms. The van der Waals surface area contributed by atoms with Gasteiger partial charge in [0.15, 0.2) is 11.5 Å². The van der Waals surface area contributed by atoms with Gasteiger partial charge in [-0.1, -0.05) is 64.7 Å².